The van der Waals surface area contributed by atoms with Gasteiger partial charge < -0.3 is 5.11 Å². The summed E-state index contributed by atoms with van der Waals surface area (Å²) < 4.78 is 1.29. The van der Waals surface area contributed by atoms with Crippen LogP contribution in [-0.2, 0) is 4.79 Å². The van der Waals surface area contributed by atoms with Gasteiger partial charge in [-0.3, -0.25) is 14.2 Å². The molecule has 70 valence electrons. The van der Waals surface area contributed by atoms with Crippen molar-refractivity contribution >= 4 is 11.9 Å². The fourth-order valence-corrected chi connectivity index (χ4v) is 0.993. The van der Waals surface area contributed by atoms with Crippen molar-refractivity contribution in [3.8, 4) is 0 Å². The average Bonchev–Trinajstić information content (AvgIpc) is 2.53. The summed E-state index contributed by atoms with van der Waals surface area (Å²) in [5.74, 6) is -1.74. The van der Waals surface area contributed by atoms with Gasteiger partial charge in [0.15, 0.2) is 0 Å². The summed E-state index contributed by atoms with van der Waals surface area (Å²) in [6.45, 7) is 1.58. The molecule has 0 aromatic carbocycles. The highest BCUT2D eigenvalue weighted by Gasteiger charge is 2.17. The van der Waals surface area contributed by atoms with E-state index in [1.54, 1.807) is 6.92 Å². The number of carbonyl (C=O) groups excluding carboxylic acids is 1. The van der Waals surface area contributed by atoms with E-state index >= 15 is 0 Å². The van der Waals surface area contributed by atoms with Gasteiger partial charge in [-0.1, -0.05) is 6.92 Å². The number of carbonyl (C=O) groups is 2. The van der Waals surface area contributed by atoms with Gasteiger partial charge in [-0.15, -0.1) is 0 Å². The molecule has 1 atom stereocenters. The predicted octanol–water partition coefficient (Wildman–Crippen LogP) is 0.634. The third kappa shape index (κ3) is 2.40. The first-order valence-corrected chi connectivity index (χ1v) is 3.85. The summed E-state index contributed by atoms with van der Waals surface area (Å²) in [5.41, 5.74) is 0. The van der Waals surface area contributed by atoms with Crippen LogP contribution in [0.15, 0.2) is 18.7 Å². The first-order chi connectivity index (χ1) is 6.11. The van der Waals surface area contributed by atoms with Crippen LogP contribution >= 0.6 is 0 Å². The quantitative estimate of drug-likeness (QED) is 0.744. The van der Waals surface area contributed by atoms with Crippen molar-refractivity contribution in [1.29, 1.82) is 0 Å². The Labute approximate surface area is 75.0 Å². The van der Waals surface area contributed by atoms with E-state index in [-0.39, 0.29) is 12.3 Å². The summed E-state index contributed by atoms with van der Waals surface area (Å²) in [7, 11) is 0. The summed E-state index contributed by atoms with van der Waals surface area (Å²) >= 11 is 0. The van der Waals surface area contributed by atoms with E-state index in [0.717, 1.165) is 0 Å². The monoisotopic (exact) mass is 182 g/mol. The lowest BCUT2D eigenvalue weighted by Crippen LogP contribution is -2.20. The highest BCUT2D eigenvalue weighted by atomic mass is 16.4. The Kier molecular flexibility index (Phi) is 2.79. The minimum atomic E-state index is -0.971. The van der Waals surface area contributed by atoms with Crippen molar-refractivity contribution < 1.29 is 14.7 Å². The van der Waals surface area contributed by atoms with Crippen LogP contribution in [0.2, 0.25) is 0 Å². The normalized spacial score (nSPS) is 12.4. The molecule has 0 aliphatic rings. The molecule has 0 saturated heterocycles. The number of hydrogen-bond donors (Lipinski definition) is 1. The fourth-order valence-electron chi connectivity index (χ4n) is 0.993. The van der Waals surface area contributed by atoms with Crippen LogP contribution in [0.25, 0.3) is 0 Å². The van der Waals surface area contributed by atoms with E-state index < -0.39 is 11.9 Å². The molecule has 0 aliphatic heterocycles. The first kappa shape index (κ1) is 9.44. The van der Waals surface area contributed by atoms with Crippen LogP contribution in [0.1, 0.15) is 18.1 Å². The van der Waals surface area contributed by atoms with Gasteiger partial charge in [-0.05, 0) is 0 Å². The Balaban J connectivity index is 2.63. The lowest BCUT2D eigenvalue weighted by molar-refractivity contribution is -0.137. The first-order valence-electron chi connectivity index (χ1n) is 3.85. The summed E-state index contributed by atoms with van der Waals surface area (Å²) in [6.07, 6.45) is 4.18. The minimum absolute atomic E-state index is 0.156. The molecule has 0 spiro atoms. The van der Waals surface area contributed by atoms with Crippen LogP contribution in [0.4, 0.5) is 0 Å². The maximum absolute atomic E-state index is 11.4. The van der Waals surface area contributed by atoms with Crippen molar-refractivity contribution in [2.24, 2.45) is 5.92 Å². The molecule has 5 heteroatoms. The summed E-state index contributed by atoms with van der Waals surface area (Å²) in [4.78, 5) is 25.4. The van der Waals surface area contributed by atoms with Crippen LogP contribution in [0.3, 0.4) is 0 Å². The van der Waals surface area contributed by atoms with Crippen molar-refractivity contribution in [3.63, 3.8) is 0 Å². The standard InChI is InChI=1S/C8H10N2O3/c1-6(4-7(11)12)8(13)10-3-2-9-5-10/h2-3,5-6H,4H2,1H3,(H,11,12). The van der Waals surface area contributed by atoms with Crippen LogP contribution < -0.4 is 0 Å². The molecule has 1 rings (SSSR count). The Bertz CT molecular complexity index is 305. The lowest BCUT2D eigenvalue weighted by Gasteiger charge is -2.06. The number of hydrogen-bond acceptors (Lipinski definition) is 3. The smallest absolute Gasteiger partial charge is 0.304 e. The van der Waals surface area contributed by atoms with Crippen molar-refractivity contribution in [3.05, 3.63) is 18.7 Å². The van der Waals surface area contributed by atoms with Gasteiger partial charge in [0.25, 0.3) is 0 Å². The number of aromatic nitrogens is 2. The molecular formula is C8H10N2O3. The van der Waals surface area contributed by atoms with Crippen LogP contribution in [0, 0.1) is 5.92 Å². The molecule has 0 fully saturated rings. The molecular weight excluding hydrogens is 172 g/mol. The second-order valence-corrected chi connectivity index (χ2v) is 2.81. The third-order valence-corrected chi connectivity index (χ3v) is 1.66. The van der Waals surface area contributed by atoms with E-state index in [4.69, 9.17) is 5.11 Å². The largest absolute Gasteiger partial charge is 0.481 e. The molecule has 1 aromatic heterocycles. The Morgan fingerprint density at radius 3 is 2.77 bits per heavy atom. The molecule has 0 radical (unpaired) electrons. The third-order valence-electron chi connectivity index (χ3n) is 1.66. The molecule has 1 N–H and O–H groups in total. The average molecular weight is 182 g/mol. The van der Waals surface area contributed by atoms with Crippen LogP contribution in [0.5, 0.6) is 0 Å². The molecule has 1 heterocycles. The van der Waals surface area contributed by atoms with E-state index in [0.29, 0.717) is 0 Å². The maximum Gasteiger partial charge on any atom is 0.304 e. The number of imidazole rings is 1. The second-order valence-electron chi connectivity index (χ2n) is 2.81. The Morgan fingerprint density at radius 2 is 2.31 bits per heavy atom. The number of aliphatic carboxylic acids is 1. The van der Waals surface area contributed by atoms with Crippen molar-refractivity contribution in [2.45, 2.75) is 13.3 Å². The highest BCUT2D eigenvalue weighted by molar-refractivity contribution is 5.84. The maximum atomic E-state index is 11.4. The topological polar surface area (TPSA) is 72.2 Å². The van der Waals surface area contributed by atoms with Gasteiger partial charge in [-0.2, -0.15) is 0 Å². The minimum Gasteiger partial charge on any atom is -0.481 e. The number of rotatable bonds is 3. The molecule has 0 bridgehead atoms. The predicted molar refractivity (Wildman–Crippen MR) is 44.3 cm³/mol. The molecule has 1 aromatic rings. The second kappa shape index (κ2) is 3.84. The number of carboxylic acids is 1. The molecule has 0 amide bonds. The molecule has 0 saturated carbocycles. The molecule has 1 unspecified atom stereocenters. The lowest BCUT2D eigenvalue weighted by atomic mass is 10.1. The van der Waals surface area contributed by atoms with Gasteiger partial charge in [-0.25, -0.2) is 4.98 Å². The van der Waals surface area contributed by atoms with Gasteiger partial charge >= 0.3 is 5.97 Å². The molecule has 5 nitrogen and oxygen atoms in total. The van der Waals surface area contributed by atoms with Gasteiger partial charge in [0.2, 0.25) is 5.91 Å². The molecule has 0 aliphatic carbocycles. The van der Waals surface area contributed by atoms with Gasteiger partial charge in [0.1, 0.15) is 6.33 Å². The molecule has 13 heavy (non-hydrogen) atoms. The SMILES string of the molecule is CC(CC(=O)O)C(=O)n1ccnc1. The fraction of sp³-hybridized carbons (Fsp3) is 0.375. The van der Waals surface area contributed by atoms with E-state index in [1.165, 1.54) is 23.3 Å². The van der Waals surface area contributed by atoms with Crippen LogP contribution in [-0.4, -0.2) is 26.5 Å². The van der Waals surface area contributed by atoms with Gasteiger partial charge in [0, 0.05) is 18.3 Å². The zero-order valence-corrected chi connectivity index (χ0v) is 7.17. The summed E-state index contributed by atoms with van der Waals surface area (Å²) in [5, 5.41) is 8.45. The van der Waals surface area contributed by atoms with E-state index in [1.807, 2.05) is 0 Å². The van der Waals surface area contributed by atoms with Gasteiger partial charge in [0.05, 0.1) is 6.42 Å². The summed E-state index contributed by atoms with van der Waals surface area (Å²) in [6, 6.07) is 0. The Hall–Kier alpha value is -1.65. The Morgan fingerprint density at radius 1 is 1.62 bits per heavy atom. The van der Waals surface area contributed by atoms with Crippen molar-refractivity contribution in [1.82, 2.24) is 9.55 Å². The number of carboxylic acid groups (broad SMARTS) is 1. The zero-order valence-electron chi connectivity index (χ0n) is 7.17. The zero-order chi connectivity index (χ0) is 9.84. The van der Waals surface area contributed by atoms with Crippen molar-refractivity contribution in [2.75, 3.05) is 0 Å². The van der Waals surface area contributed by atoms with E-state index in [9.17, 15) is 9.59 Å². The van der Waals surface area contributed by atoms with E-state index in [2.05, 4.69) is 4.98 Å². The number of nitrogens with zero attached hydrogens (tertiary/aromatic N) is 2. The highest BCUT2D eigenvalue weighted by Crippen LogP contribution is 2.05.